The number of aliphatic hydroxyl groups is 2. The van der Waals surface area contributed by atoms with Gasteiger partial charge in [-0.3, -0.25) is 9.59 Å². The smallest absolute Gasteiger partial charge is 0.305 e. The molecule has 0 fully saturated rings. The molecule has 0 radical (unpaired) electrons. The SMILES string of the molecule is CCCCCC/C=C\CCCCCCCC(=O)OCCCCCCCCCCCCCCCCCCCCC(=O)NC(CO)C(O)CCCCCCCCCCCCC. The molecular weight excluding hydrogens is 731 g/mol. The fraction of sp³-hybridized carbons (Fsp3) is 0.925. The third kappa shape index (κ3) is 45.9. The van der Waals surface area contributed by atoms with Crippen LogP contribution in [0.2, 0.25) is 0 Å². The summed E-state index contributed by atoms with van der Waals surface area (Å²) < 4.78 is 5.46. The Morgan fingerprint density at radius 1 is 0.458 bits per heavy atom. The topological polar surface area (TPSA) is 95.9 Å². The van der Waals surface area contributed by atoms with Gasteiger partial charge in [-0.15, -0.1) is 0 Å². The first-order valence-corrected chi connectivity index (χ1v) is 26.4. The normalized spacial score (nSPS) is 12.7. The minimum Gasteiger partial charge on any atom is -0.466 e. The molecule has 0 aliphatic rings. The number of nitrogens with one attached hydrogen (secondary N) is 1. The minimum absolute atomic E-state index is 0.00190. The minimum atomic E-state index is -0.664. The number of hydrogen-bond acceptors (Lipinski definition) is 5. The summed E-state index contributed by atoms with van der Waals surface area (Å²) in [5.74, 6) is -0.0415. The molecule has 6 heteroatoms. The molecule has 2 unspecified atom stereocenters. The lowest BCUT2D eigenvalue weighted by Crippen LogP contribution is -2.45. The molecule has 2 atom stereocenters. The molecule has 0 rings (SSSR count). The van der Waals surface area contributed by atoms with Gasteiger partial charge < -0.3 is 20.3 Å². The summed E-state index contributed by atoms with van der Waals surface area (Å²) in [6.45, 7) is 4.92. The van der Waals surface area contributed by atoms with Gasteiger partial charge in [-0.05, 0) is 51.4 Å². The molecule has 3 N–H and O–H groups in total. The number of hydrogen-bond donors (Lipinski definition) is 3. The van der Waals surface area contributed by atoms with E-state index in [2.05, 4.69) is 31.3 Å². The quantitative estimate of drug-likeness (QED) is 0.0322. The van der Waals surface area contributed by atoms with Gasteiger partial charge in [-0.1, -0.05) is 238 Å². The number of carbonyl (C=O) groups excluding carboxylic acids is 2. The fourth-order valence-corrected chi connectivity index (χ4v) is 8.22. The maximum absolute atomic E-state index is 12.4. The van der Waals surface area contributed by atoms with Gasteiger partial charge >= 0.3 is 5.97 Å². The number of allylic oxidation sites excluding steroid dienone is 2. The van der Waals surface area contributed by atoms with E-state index >= 15 is 0 Å². The van der Waals surface area contributed by atoms with Gasteiger partial charge in [-0.2, -0.15) is 0 Å². The molecule has 350 valence electrons. The predicted molar refractivity (Wildman–Crippen MR) is 255 cm³/mol. The molecule has 0 heterocycles. The molecule has 0 saturated heterocycles. The summed E-state index contributed by atoms with van der Waals surface area (Å²) in [7, 11) is 0. The van der Waals surface area contributed by atoms with Crippen LogP contribution in [0.25, 0.3) is 0 Å². The third-order valence-electron chi connectivity index (χ3n) is 12.3. The molecule has 1 amide bonds. The summed E-state index contributed by atoms with van der Waals surface area (Å²) in [5.41, 5.74) is 0. The van der Waals surface area contributed by atoms with E-state index in [4.69, 9.17) is 4.74 Å². The lowest BCUT2D eigenvalue weighted by Gasteiger charge is -2.22. The van der Waals surface area contributed by atoms with Crippen LogP contribution in [-0.2, 0) is 14.3 Å². The number of carbonyl (C=O) groups is 2. The van der Waals surface area contributed by atoms with Crippen molar-refractivity contribution in [3.8, 4) is 0 Å². The number of amides is 1. The Morgan fingerprint density at radius 3 is 1.22 bits per heavy atom. The van der Waals surface area contributed by atoms with Crippen LogP contribution < -0.4 is 5.32 Å². The highest BCUT2D eigenvalue weighted by atomic mass is 16.5. The van der Waals surface area contributed by atoms with Crippen LogP contribution in [0.5, 0.6) is 0 Å². The van der Waals surface area contributed by atoms with Crippen molar-refractivity contribution in [2.75, 3.05) is 13.2 Å². The number of esters is 1. The summed E-state index contributed by atoms with van der Waals surface area (Å²) in [6, 6.07) is -0.542. The first-order valence-electron chi connectivity index (χ1n) is 26.4. The molecule has 0 aromatic carbocycles. The Balaban J connectivity index is 3.39. The average molecular weight is 834 g/mol. The van der Waals surface area contributed by atoms with E-state index in [1.807, 2.05) is 0 Å². The summed E-state index contributed by atoms with van der Waals surface area (Å²) in [6.07, 6.45) is 56.1. The number of ether oxygens (including phenoxy) is 1. The maximum Gasteiger partial charge on any atom is 0.305 e. The Morgan fingerprint density at radius 2 is 0.797 bits per heavy atom. The van der Waals surface area contributed by atoms with Crippen LogP contribution in [0.1, 0.15) is 290 Å². The standard InChI is InChI=1S/C53H103NO5/c1-3-5-7-9-11-13-15-22-27-31-35-39-43-47-53(58)59-48-44-40-36-32-28-24-21-19-17-16-18-20-23-26-30-34-38-42-46-52(57)54-50(49-55)51(56)45-41-37-33-29-25-14-12-10-8-6-4-2/h13,15,50-51,55-56H,3-12,14,16-49H2,1-2H3,(H,54,57)/b15-13-. The summed E-state index contributed by atoms with van der Waals surface area (Å²) >= 11 is 0. The molecule has 0 spiro atoms. The second-order valence-electron chi connectivity index (χ2n) is 18.2. The van der Waals surface area contributed by atoms with Crippen LogP contribution in [0.15, 0.2) is 12.2 Å². The zero-order valence-corrected chi connectivity index (χ0v) is 39.7. The molecule has 0 aliphatic carbocycles. The average Bonchev–Trinajstić information content (AvgIpc) is 3.24. The first-order chi connectivity index (χ1) is 29.0. The van der Waals surface area contributed by atoms with Crippen molar-refractivity contribution in [2.24, 2.45) is 0 Å². The summed E-state index contributed by atoms with van der Waals surface area (Å²) in [4.78, 5) is 24.4. The van der Waals surface area contributed by atoms with Crippen molar-refractivity contribution in [1.82, 2.24) is 5.32 Å². The van der Waals surface area contributed by atoms with E-state index in [9.17, 15) is 19.8 Å². The second kappa shape index (κ2) is 49.3. The van der Waals surface area contributed by atoms with Crippen LogP contribution in [-0.4, -0.2) is 47.4 Å². The number of unbranched alkanes of at least 4 members (excludes halogenated alkanes) is 36. The molecule has 6 nitrogen and oxygen atoms in total. The predicted octanol–water partition coefficient (Wildman–Crippen LogP) is 15.7. The van der Waals surface area contributed by atoms with Crippen LogP contribution >= 0.6 is 0 Å². The maximum atomic E-state index is 12.4. The Bertz CT molecular complexity index is 878. The third-order valence-corrected chi connectivity index (χ3v) is 12.3. The largest absolute Gasteiger partial charge is 0.466 e. The van der Waals surface area contributed by atoms with Gasteiger partial charge in [0, 0.05) is 12.8 Å². The highest BCUT2D eigenvalue weighted by Crippen LogP contribution is 2.17. The van der Waals surface area contributed by atoms with Crippen molar-refractivity contribution in [2.45, 2.75) is 302 Å². The fourth-order valence-electron chi connectivity index (χ4n) is 8.22. The highest BCUT2D eigenvalue weighted by molar-refractivity contribution is 5.76. The second-order valence-corrected chi connectivity index (χ2v) is 18.2. The lowest BCUT2D eigenvalue weighted by atomic mass is 10.0. The van der Waals surface area contributed by atoms with E-state index in [0.717, 1.165) is 44.9 Å². The van der Waals surface area contributed by atoms with Crippen molar-refractivity contribution in [3.63, 3.8) is 0 Å². The van der Waals surface area contributed by atoms with Crippen LogP contribution in [0.4, 0.5) is 0 Å². The van der Waals surface area contributed by atoms with Crippen molar-refractivity contribution >= 4 is 11.9 Å². The van der Waals surface area contributed by atoms with Gasteiger partial charge in [0.05, 0.1) is 25.4 Å². The van der Waals surface area contributed by atoms with E-state index in [0.29, 0.717) is 25.9 Å². The highest BCUT2D eigenvalue weighted by Gasteiger charge is 2.20. The van der Waals surface area contributed by atoms with E-state index in [1.165, 1.54) is 212 Å². The van der Waals surface area contributed by atoms with Crippen LogP contribution in [0, 0.1) is 0 Å². The Kier molecular flexibility index (Phi) is 48.1. The zero-order chi connectivity index (χ0) is 43.0. The van der Waals surface area contributed by atoms with Gasteiger partial charge in [0.2, 0.25) is 5.91 Å². The molecule has 0 bridgehead atoms. The molecular formula is C53H103NO5. The number of rotatable bonds is 49. The van der Waals surface area contributed by atoms with Gasteiger partial charge in [0.25, 0.3) is 0 Å². The molecule has 59 heavy (non-hydrogen) atoms. The summed E-state index contributed by atoms with van der Waals surface area (Å²) in [5, 5.41) is 23.1. The molecule has 0 saturated carbocycles. The van der Waals surface area contributed by atoms with Gasteiger partial charge in [-0.25, -0.2) is 0 Å². The molecule has 0 aromatic rings. The van der Waals surface area contributed by atoms with Crippen molar-refractivity contribution < 1.29 is 24.5 Å². The van der Waals surface area contributed by atoms with E-state index < -0.39 is 12.1 Å². The van der Waals surface area contributed by atoms with Crippen molar-refractivity contribution in [1.29, 1.82) is 0 Å². The monoisotopic (exact) mass is 834 g/mol. The lowest BCUT2D eigenvalue weighted by molar-refractivity contribution is -0.143. The molecule has 0 aliphatic heterocycles. The first kappa shape index (κ1) is 57.6. The Labute approximate surface area is 368 Å². The zero-order valence-electron chi connectivity index (χ0n) is 39.7. The Hall–Kier alpha value is -1.40. The van der Waals surface area contributed by atoms with Crippen molar-refractivity contribution in [3.05, 3.63) is 12.2 Å². The molecule has 0 aromatic heterocycles. The number of aliphatic hydroxyl groups excluding tert-OH is 2. The van der Waals surface area contributed by atoms with E-state index in [-0.39, 0.29) is 18.5 Å². The van der Waals surface area contributed by atoms with Gasteiger partial charge in [0.1, 0.15) is 0 Å². The van der Waals surface area contributed by atoms with Crippen LogP contribution in [0.3, 0.4) is 0 Å². The van der Waals surface area contributed by atoms with E-state index in [1.54, 1.807) is 0 Å². The van der Waals surface area contributed by atoms with Gasteiger partial charge in [0.15, 0.2) is 0 Å².